The van der Waals surface area contributed by atoms with E-state index in [0.717, 1.165) is 17.3 Å². The molecule has 19 heavy (non-hydrogen) atoms. The Labute approximate surface area is 119 Å². The highest BCUT2D eigenvalue weighted by Crippen LogP contribution is 2.25. The molecule has 1 atom stereocenters. The molecule has 6 nitrogen and oxygen atoms in total. The van der Waals surface area contributed by atoms with Gasteiger partial charge in [0.05, 0.1) is 5.25 Å². The summed E-state index contributed by atoms with van der Waals surface area (Å²) >= 11 is 7.07. The van der Waals surface area contributed by atoms with E-state index in [1.165, 1.54) is 4.68 Å². The first-order chi connectivity index (χ1) is 8.99. The highest BCUT2D eigenvalue weighted by Gasteiger charge is 2.17. The number of nitrogen functional groups attached to an aromatic ring is 1. The first-order valence-electron chi connectivity index (χ1n) is 5.41. The zero-order valence-corrected chi connectivity index (χ0v) is 11.6. The van der Waals surface area contributed by atoms with Crippen molar-refractivity contribution >= 4 is 29.3 Å². The second-order valence-corrected chi connectivity index (χ2v) is 5.59. The Balaban J connectivity index is 2.30. The Morgan fingerprint density at radius 2 is 2.21 bits per heavy atom. The maximum atomic E-state index is 11.0. The molecule has 0 saturated heterocycles. The van der Waals surface area contributed by atoms with Crippen LogP contribution in [0.2, 0.25) is 5.02 Å². The zero-order valence-electron chi connectivity index (χ0n) is 10.1. The van der Waals surface area contributed by atoms with Gasteiger partial charge in [-0.05, 0) is 19.1 Å². The van der Waals surface area contributed by atoms with Crippen molar-refractivity contribution in [1.29, 1.82) is 0 Å². The van der Waals surface area contributed by atoms with Gasteiger partial charge in [-0.25, -0.2) is 4.68 Å². The number of benzene rings is 1. The summed E-state index contributed by atoms with van der Waals surface area (Å²) in [7, 11) is 0. The van der Waals surface area contributed by atoms with Crippen LogP contribution in [-0.4, -0.2) is 26.0 Å². The maximum Gasteiger partial charge on any atom is 0.230 e. The van der Waals surface area contributed by atoms with Crippen LogP contribution in [-0.2, 0) is 4.79 Å². The molecule has 1 aromatic carbocycles. The minimum Gasteiger partial charge on any atom is -0.369 e. The predicted octanol–water partition coefficient (Wildman–Crippen LogP) is 1.28. The van der Waals surface area contributed by atoms with Gasteiger partial charge in [-0.2, -0.15) is 0 Å². The van der Waals surface area contributed by atoms with Gasteiger partial charge in [0.25, 0.3) is 0 Å². The van der Waals surface area contributed by atoms with Crippen molar-refractivity contribution in [3.05, 3.63) is 29.3 Å². The van der Waals surface area contributed by atoms with E-state index < -0.39 is 11.2 Å². The van der Waals surface area contributed by atoms with E-state index in [4.69, 9.17) is 23.2 Å². The van der Waals surface area contributed by atoms with Crippen LogP contribution in [0.25, 0.3) is 11.4 Å². The van der Waals surface area contributed by atoms with E-state index in [9.17, 15) is 4.79 Å². The number of nitrogens with zero attached hydrogens (tertiary/aromatic N) is 3. The Morgan fingerprint density at radius 1 is 1.47 bits per heavy atom. The summed E-state index contributed by atoms with van der Waals surface area (Å²) in [5.41, 5.74) is 5.95. The van der Waals surface area contributed by atoms with E-state index in [2.05, 4.69) is 10.2 Å². The average Bonchev–Trinajstić information content (AvgIpc) is 2.71. The number of amides is 1. The number of halogens is 1. The third-order valence-corrected chi connectivity index (χ3v) is 3.74. The molecule has 1 heterocycles. The first-order valence-corrected chi connectivity index (χ1v) is 6.67. The molecule has 0 bridgehead atoms. The normalized spacial score (nSPS) is 12.3. The van der Waals surface area contributed by atoms with Crippen molar-refractivity contribution in [1.82, 2.24) is 14.9 Å². The first kappa shape index (κ1) is 13.7. The number of nitrogens with two attached hydrogens (primary N) is 2. The number of hydrogen-bond donors (Lipinski definition) is 2. The topological polar surface area (TPSA) is 99.8 Å². The summed E-state index contributed by atoms with van der Waals surface area (Å²) in [6.45, 7) is 1.68. The third-order valence-electron chi connectivity index (χ3n) is 2.43. The van der Waals surface area contributed by atoms with E-state index in [1.54, 1.807) is 25.1 Å². The Kier molecular flexibility index (Phi) is 3.96. The Hall–Kier alpha value is -1.73. The highest BCUT2D eigenvalue weighted by atomic mass is 35.5. The fraction of sp³-hybridized carbons (Fsp3) is 0.182. The molecule has 8 heteroatoms. The fourth-order valence-electron chi connectivity index (χ4n) is 1.40. The molecule has 0 aliphatic heterocycles. The second-order valence-electron chi connectivity index (χ2n) is 3.85. The number of aromatic nitrogens is 3. The summed E-state index contributed by atoms with van der Waals surface area (Å²) in [6.07, 6.45) is 0. The van der Waals surface area contributed by atoms with Crippen LogP contribution in [0.5, 0.6) is 0 Å². The summed E-state index contributed by atoms with van der Waals surface area (Å²) in [4.78, 5) is 11.0. The minimum absolute atomic E-state index is 0.418. The smallest absolute Gasteiger partial charge is 0.230 e. The standard InChI is InChI=1S/C11H12ClN5OS/c1-6(9(13)18)19-11-16-15-10(17(11)14)7-3-2-4-8(12)5-7/h2-6H,14H2,1H3,(H2,13,18)/t6-/m0/s1. The van der Waals surface area contributed by atoms with Gasteiger partial charge in [0.1, 0.15) is 0 Å². The van der Waals surface area contributed by atoms with Crippen LogP contribution in [0.1, 0.15) is 6.92 Å². The maximum absolute atomic E-state index is 11.0. The molecule has 0 unspecified atom stereocenters. The molecule has 1 amide bonds. The van der Waals surface area contributed by atoms with Crippen LogP contribution in [0, 0.1) is 0 Å². The molecule has 0 spiro atoms. The van der Waals surface area contributed by atoms with Gasteiger partial charge in [0.2, 0.25) is 11.1 Å². The quantitative estimate of drug-likeness (QED) is 0.654. The number of carbonyl (C=O) groups excluding carboxylic acids is 1. The predicted molar refractivity (Wildman–Crippen MR) is 75.1 cm³/mol. The molecule has 2 rings (SSSR count). The van der Waals surface area contributed by atoms with Crippen molar-refractivity contribution in [2.24, 2.45) is 5.73 Å². The highest BCUT2D eigenvalue weighted by molar-refractivity contribution is 8.00. The lowest BCUT2D eigenvalue weighted by Crippen LogP contribution is -2.23. The van der Waals surface area contributed by atoms with Gasteiger partial charge in [-0.1, -0.05) is 35.5 Å². The van der Waals surface area contributed by atoms with E-state index >= 15 is 0 Å². The Bertz CT molecular complexity index is 615. The van der Waals surface area contributed by atoms with E-state index in [1.807, 2.05) is 6.07 Å². The van der Waals surface area contributed by atoms with Crippen molar-refractivity contribution < 1.29 is 4.79 Å². The molecule has 100 valence electrons. The number of thioether (sulfide) groups is 1. The van der Waals surface area contributed by atoms with Crippen LogP contribution in [0.4, 0.5) is 0 Å². The molecule has 2 aromatic rings. The molecule has 0 fully saturated rings. The average molecular weight is 298 g/mol. The van der Waals surface area contributed by atoms with Crippen LogP contribution in [0.3, 0.4) is 0 Å². The summed E-state index contributed by atoms with van der Waals surface area (Å²) in [6, 6.07) is 7.12. The largest absolute Gasteiger partial charge is 0.369 e. The van der Waals surface area contributed by atoms with Crippen molar-refractivity contribution in [2.45, 2.75) is 17.3 Å². The van der Waals surface area contributed by atoms with E-state index in [-0.39, 0.29) is 0 Å². The van der Waals surface area contributed by atoms with Gasteiger partial charge >= 0.3 is 0 Å². The molecule has 0 aliphatic rings. The number of rotatable bonds is 4. The molecule has 0 saturated carbocycles. The molecular formula is C11H12ClN5OS. The lowest BCUT2D eigenvalue weighted by atomic mass is 10.2. The number of carbonyl (C=O) groups is 1. The van der Waals surface area contributed by atoms with Crippen LogP contribution < -0.4 is 11.6 Å². The molecule has 4 N–H and O–H groups in total. The summed E-state index contributed by atoms with van der Waals surface area (Å²) in [5.74, 6) is 5.95. The van der Waals surface area contributed by atoms with Crippen LogP contribution in [0.15, 0.2) is 29.4 Å². The monoisotopic (exact) mass is 297 g/mol. The van der Waals surface area contributed by atoms with E-state index in [0.29, 0.717) is 16.0 Å². The lowest BCUT2D eigenvalue weighted by molar-refractivity contribution is -0.117. The van der Waals surface area contributed by atoms with Gasteiger partial charge in [-0.15, -0.1) is 10.2 Å². The molecule has 0 radical (unpaired) electrons. The SMILES string of the molecule is C[C@H](Sc1nnc(-c2cccc(Cl)c2)n1N)C(N)=O. The minimum atomic E-state index is -0.433. The molecule has 1 aromatic heterocycles. The lowest BCUT2D eigenvalue weighted by Gasteiger charge is -2.06. The molecular weight excluding hydrogens is 286 g/mol. The van der Waals surface area contributed by atoms with Gasteiger partial charge in [-0.3, -0.25) is 4.79 Å². The Morgan fingerprint density at radius 3 is 2.84 bits per heavy atom. The van der Waals surface area contributed by atoms with Crippen molar-refractivity contribution in [3.63, 3.8) is 0 Å². The van der Waals surface area contributed by atoms with Crippen molar-refractivity contribution in [3.8, 4) is 11.4 Å². The van der Waals surface area contributed by atoms with Crippen molar-refractivity contribution in [2.75, 3.05) is 5.84 Å². The number of hydrogen-bond acceptors (Lipinski definition) is 5. The summed E-state index contributed by atoms with van der Waals surface area (Å²) in [5, 5.41) is 8.51. The third kappa shape index (κ3) is 2.99. The van der Waals surface area contributed by atoms with Gasteiger partial charge in [0.15, 0.2) is 5.82 Å². The van der Waals surface area contributed by atoms with Gasteiger partial charge < -0.3 is 11.6 Å². The zero-order chi connectivity index (χ0) is 14.0. The fourth-order valence-corrected chi connectivity index (χ4v) is 2.31. The number of primary amides is 1. The van der Waals surface area contributed by atoms with Crippen LogP contribution >= 0.6 is 23.4 Å². The second kappa shape index (κ2) is 5.50. The summed E-state index contributed by atoms with van der Waals surface area (Å²) < 4.78 is 1.32. The molecule has 0 aliphatic carbocycles. The van der Waals surface area contributed by atoms with Gasteiger partial charge in [0, 0.05) is 10.6 Å².